The van der Waals surface area contributed by atoms with Gasteiger partial charge in [0, 0.05) is 5.69 Å². The van der Waals surface area contributed by atoms with Crippen molar-refractivity contribution >= 4 is 40.0 Å². The molecule has 1 atom stereocenters. The van der Waals surface area contributed by atoms with Gasteiger partial charge in [-0.3, -0.25) is 14.0 Å². The maximum absolute atomic E-state index is 13.5. The van der Waals surface area contributed by atoms with Gasteiger partial charge in [-0.05, 0) is 68.8 Å². The first-order chi connectivity index (χ1) is 17.5. The Kier molecular flexibility index (Phi) is 6.47. The fourth-order valence-electron chi connectivity index (χ4n) is 4.04. The molecular formula is C27H25N5O3S. The van der Waals surface area contributed by atoms with Crippen LogP contribution in [0, 0.1) is 6.92 Å². The number of fused-ring (bicyclic) bond motifs is 3. The van der Waals surface area contributed by atoms with Gasteiger partial charge in [-0.15, -0.1) is 10.2 Å². The zero-order chi connectivity index (χ0) is 25.2. The molecule has 0 aliphatic carbocycles. The summed E-state index contributed by atoms with van der Waals surface area (Å²) in [6, 6.07) is 22.3. The van der Waals surface area contributed by atoms with Gasteiger partial charge in [-0.2, -0.15) is 0 Å². The van der Waals surface area contributed by atoms with Gasteiger partial charge in [0.2, 0.25) is 11.7 Å². The summed E-state index contributed by atoms with van der Waals surface area (Å²) >= 11 is 1.28. The fraction of sp³-hybridized carbons (Fsp3) is 0.185. The smallest absolute Gasteiger partial charge is 0.267 e. The molecule has 36 heavy (non-hydrogen) atoms. The third-order valence-electron chi connectivity index (χ3n) is 5.84. The second-order valence-electron chi connectivity index (χ2n) is 8.27. The summed E-state index contributed by atoms with van der Waals surface area (Å²) in [7, 11) is 0. The molecule has 0 fully saturated rings. The molecule has 0 radical (unpaired) electrons. The van der Waals surface area contributed by atoms with Crippen LogP contribution in [0.4, 0.5) is 5.69 Å². The number of thioether (sulfide) groups is 1. The number of hydrogen-bond acceptors (Lipinski definition) is 6. The van der Waals surface area contributed by atoms with Crippen molar-refractivity contribution in [3.05, 3.63) is 88.7 Å². The lowest BCUT2D eigenvalue weighted by Crippen LogP contribution is -2.24. The summed E-state index contributed by atoms with van der Waals surface area (Å²) in [5.74, 6) is 0.978. The van der Waals surface area contributed by atoms with Gasteiger partial charge in [0.05, 0.1) is 28.4 Å². The molecule has 0 bridgehead atoms. The highest BCUT2D eigenvalue weighted by Gasteiger charge is 2.22. The molecule has 5 aromatic rings. The number of nitrogens with one attached hydrogen (secondary N) is 1. The molecule has 8 nitrogen and oxygen atoms in total. The molecule has 1 N–H and O–H groups in total. The van der Waals surface area contributed by atoms with Gasteiger partial charge in [-0.25, -0.2) is 4.57 Å². The molecule has 0 aliphatic rings. The molecule has 0 spiro atoms. The minimum Gasteiger partial charge on any atom is -0.494 e. The van der Waals surface area contributed by atoms with E-state index in [9.17, 15) is 9.59 Å². The van der Waals surface area contributed by atoms with Gasteiger partial charge in [-0.1, -0.05) is 42.1 Å². The number of anilines is 1. The van der Waals surface area contributed by atoms with Crippen LogP contribution in [0.5, 0.6) is 5.75 Å². The summed E-state index contributed by atoms with van der Waals surface area (Å²) in [5.41, 5.74) is 2.88. The maximum Gasteiger partial charge on any atom is 0.267 e. The summed E-state index contributed by atoms with van der Waals surface area (Å²) in [5, 5.41) is 12.3. The van der Waals surface area contributed by atoms with Crippen LogP contribution in [0.2, 0.25) is 0 Å². The van der Waals surface area contributed by atoms with E-state index in [0.29, 0.717) is 34.1 Å². The minimum atomic E-state index is -0.471. The Morgan fingerprint density at radius 1 is 1.03 bits per heavy atom. The van der Waals surface area contributed by atoms with E-state index in [-0.39, 0.29) is 11.5 Å². The Morgan fingerprint density at radius 3 is 2.50 bits per heavy atom. The van der Waals surface area contributed by atoms with Gasteiger partial charge in [0.25, 0.3) is 5.56 Å². The van der Waals surface area contributed by atoms with Crippen LogP contribution in [0.1, 0.15) is 19.4 Å². The molecule has 1 unspecified atom stereocenters. The number of ether oxygens (including phenoxy) is 1. The summed E-state index contributed by atoms with van der Waals surface area (Å²) in [6.07, 6.45) is 0. The molecule has 9 heteroatoms. The Bertz CT molecular complexity index is 1620. The number of nitrogens with zero attached hydrogens (tertiary/aromatic N) is 4. The predicted molar refractivity (Wildman–Crippen MR) is 142 cm³/mol. The monoisotopic (exact) mass is 499 g/mol. The van der Waals surface area contributed by atoms with E-state index in [1.807, 2.05) is 79.8 Å². The summed E-state index contributed by atoms with van der Waals surface area (Å²) in [4.78, 5) is 26.5. The molecule has 2 heterocycles. The molecule has 0 saturated carbocycles. The minimum absolute atomic E-state index is 0.169. The third-order valence-corrected chi connectivity index (χ3v) is 6.88. The average molecular weight is 500 g/mol. The van der Waals surface area contributed by atoms with Crippen LogP contribution in [0.3, 0.4) is 0 Å². The number of aryl methyl sites for hydroxylation is 1. The number of carbonyl (C=O) groups is 1. The number of benzene rings is 3. The summed E-state index contributed by atoms with van der Waals surface area (Å²) in [6.45, 7) is 6.27. The standard InChI is InChI=1S/C27H25N5O3S/c1-4-35-20-15-13-19(14-16-20)28-24(33)18(3)36-27-30-29-26-31(22-11-7-5-9-17(22)2)25(34)21-10-6-8-12-23(21)32(26)27/h5-16,18H,4H2,1-3H3,(H,28,33). The highest BCUT2D eigenvalue weighted by Crippen LogP contribution is 2.27. The molecule has 3 aromatic carbocycles. The van der Waals surface area contributed by atoms with Crippen molar-refractivity contribution in [1.82, 2.24) is 19.2 Å². The van der Waals surface area contributed by atoms with Crippen molar-refractivity contribution in [3.8, 4) is 11.4 Å². The Morgan fingerprint density at radius 2 is 1.75 bits per heavy atom. The molecule has 182 valence electrons. The molecule has 0 aliphatic heterocycles. The average Bonchev–Trinajstić information content (AvgIpc) is 3.30. The first-order valence-electron chi connectivity index (χ1n) is 11.6. The van der Waals surface area contributed by atoms with Gasteiger partial charge in [0.1, 0.15) is 5.75 Å². The third kappa shape index (κ3) is 4.33. The molecular weight excluding hydrogens is 474 g/mol. The van der Waals surface area contributed by atoms with E-state index in [0.717, 1.165) is 17.0 Å². The quantitative estimate of drug-likeness (QED) is 0.322. The molecule has 5 rings (SSSR count). The van der Waals surface area contributed by atoms with E-state index in [1.165, 1.54) is 11.8 Å². The Balaban J connectivity index is 1.52. The second-order valence-corrected chi connectivity index (χ2v) is 9.58. The Labute approximate surface area is 211 Å². The zero-order valence-corrected chi connectivity index (χ0v) is 21.0. The van der Waals surface area contributed by atoms with Crippen LogP contribution in [0.15, 0.2) is 82.7 Å². The van der Waals surface area contributed by atoms with E-state index >= 15 is 0 Å². The maximum atomic E-state index is 13.5. The lowest BCUT2D eigenvalue weighted by Gasteiger charge is -2.14. The zero-order valence-electron chi connectivity index (χ0n) is 20.1. The number of hydrogen-bond donors (Lipinski definition) is 1. The van der Waals surface area contributed by atoms with Crippen molar-refractivity contribution in [2.45, 2.75) is 31.2 Å². The number of carbonyl (C=O) groups excluding carboxylic acids is 1. The number of rotatable bonds is 7. The first kappa shape index (κ1) is 23.6. The highest BCUT2D eigenvalue weighted by molar-refractivity contribution is 8.00. The normalized spacial score (nSPS) is 12.1. The lowest BCUT2D eigenvalue weighted by atomic mass is 10.2. The van der Waals surface area contributed by atoms with Crippen molar-refractivity contribution in [2.24, 2.45) is 0 Å². The van der Waals surface area contributed by atoms with Crippen molar-refractivity contribution < 1.29 is 9.53 Å². The van der Waals surface area contributed by atoms with E-state index < -0.39 is 5.25 Å². The second kappa shape index (κ2) is 9.87. The predicted octanol–water partition coefficient (Wildman–Crippen LogP) is 4.86. The Hall–Kier alpha value is -4.11. The van der Waals surface area contributed by atoms with E-state index in [1.54, 1.807) is 22.8 Å². The first-order valence-corrected chi connectivity index (χ1v) is 12.5. The highest BCUT2D eigenvalue weighted by atomic mass is 32.2. The molecule has 0 saturated heterocycles. The van der Waals surface area contributed by atoms with Crippen LogP contribution in [-0.4, -0.2) is 36.9 Å². The molecule has 1 amide bonds. The number of amides is 1. The van der Waals surface area contributed by atoms with Gasteiger partial charge in [0.15, 0.2) is 5.16 Å². The van der Waals surface area contributed by atoms with Crippen molar-refractivity contribution in [3.63, 3.8) is 0 Å². The van der Waals surface area contributed by atoms with Crippen LogP contribution in [0.25, 0.3) is 22.4 Å². The van der Waals surface area contributed by atoms with Gasteiger partial charge < -0.3 is 10.1 Å². The number of para-hydroxylation sites is 2. The molecule has 2 aromatic heterocycles. The topological polar surface area (TPSA) is 90.5 Å². The van der Waals surface area contributed by atoms with E-state index in [4.69, 9.17) is 4.74 Å². The fourth-order valence-corrected chi connectivity index (χ4v) is 4.90. The van der Waals surface area contributed by atoms with E-state index in [2.05, 4.69) is 15.5 Å². The SMILES string of the molecule is CCOc1ccc(NC(=O)C(C)Sc2nnc3n(-c4ccccc4C)c(=O)c4ccccc4n23)cc1. The van der Waals surface area contributed by atoms with Crippen LogP contribution >= 0.6 is 11.8 Å². The summed E-state index contributed by atoms with van der Waals surface area (Å²) < 4.78 is 8.88. The number of aromatic nitrogens is 4. The lowest BCUT2D eigenvalue weighted by molar-refractivity contribution is -0.115. The van der Waals surface area contributed by atoms with Gasteiger partial charge >= 0.3 is 0 Å². The largest absolute Gasteiger partial charge is 0.494 e. The van der Waals surface area contributed by atoms with Crippen LogP contribution < -0.4 is 15.6 Å². The van der Waals surface area contributed by atoms with Crippen molar-refractivity contribution in [2.75, 3.05) is 11.9 Å². The van der Waals surface area contributed by atoms with Crippen LogP contribution in [-0.2, 0) is 4.79 Å². The van der Waals surface area contributed by atoms with Crippen molar-refractivity contribution in [1.29, 1.82) is 0 Å².